The highest BCUT2D eigenvalue weighted by atomic mass is 16.5. The molecule has 1 fully saturated rings. The van der Waals surface area contributed by atoms with Gasteiger partial charge in [-0.2, -0.15) is 0 Å². The maximum Gasteiger partial charge on any atom is 0.0946 e. The summed E-state index contributed by atoms with van der Waals surface area (Å²) in [5.74, 6) is 0. The van der Waals surface area contributed by atoms with Crippen LogP contribution >= 0.6 is 0 Å². The van der Waals surface area contributed by atoms with Crippen LogP contribution in [-0.4, -0.2) is 4.57 Å². The Morgan fingerprint density at radius 2 is 1.11 bits per heavy atom. The van der Waals surface area contributed by atoms with Crippen LogP contribution in [0, 0.1) is 0 Å². The summed E-state index contributed by atoms with van der Waals surface area (Å²) >= 11 is 0. The second-order valence-electron chi connectivity index (χ2n) is 13.7. The minimum Gasteiger partial charge on any atom is -0.360 e. The fraction of sp³-hybridized carbons (Fsp3) is 0.182. The molecule has 0 unspecified atom stereocenters. The molecule has 0 atom stereocenters. The molecular weight excluding hydrogens is 572 g/mol. The second kappa shape index (κ2) is 10.7. The second-order valence-corrected chi connectivity index (χ2v) is 13.7. The van der Waals surface area contributed by atoms with Crippen molar-refractivity contribution in [1.82, 2.24) is 4.57 Å². The van der Waals surface area contributed by atoms with Crippen molar-refractivity contribution in [3.8, 4) is 16.8 Å². The summed E-state index contributed by atoms with van der Waals surface area (Å²) in [6, 6.07) is 53.1. The van der Waals surface area contributed by atoms with Crippen LogP contribution in [0.3, 0.4) is 0 Å². The molecule has 230 valence electrons. The zero-order valence-electron chi connectivity index (χ0n) is 27.0. The van der Waals surface area contributed by atoms with Gasteiger partial charge in [0.2, 0.25) is 0 Å². The summed E-state index contributed by atoms with van der Waals surface area (Å²) in [6.45, 7) is 4.49. The van der Waals surface area contributed by atoms with E-state index >= 15 is 0 Å². The lowest BCUT2D eigenvalue weighted by Crippen LogP contribution is -2.25. The molecular formula is C44H38N2O. The van der Waals surface area contributed by atoms with Crippen LogP contribution in [0.25, 0.3) is 38.6 Å². The number of hydrogen-bond donors (Lipinski definition) is 0. The first kappa shape index (κ1) is 28.1. The van der Waals surface area contributed by atoms with Gasteiger partial charge in [0.15, 0.2) is 0 Å². The molecule has 0 amide bonds. The summed E-state index contributed by atoms with van der Waals surface area (Å²) in [6.07, 6.45) is 4.69. The topological polar surface area (TPSA) is 17.4 Å². The minimum absolute atomic E-state index is 0.134. The molecule has 6 aromatic carbocycles. The molecule has 2 aliphatic rings. The van der Waals surface area contributed by atoms with E-state index in [1.807, 2.05) is 0 Å². The van der Waals surface area contributed by atoms with Gasteiger partial charge in [-0.25, -0.2) is 0 Å². The van der Waals surface area contributed by atoms with E-state index in [0.717, 1.165) is 35.6 Å². The van der Waals surface area contributed by atoms with E-state index in [9.17, 15) is 0 Å². The Hall–Kier alpha value is -5.12. The van der Waals surface area contributed by atoms with E-state index in [0.29, 0.717) is 0 Å². The third kappa shape index (κ3) is 4.52. The first-order valence-corrected chi connectivity index (χ1v) is 16.9. The summed E-state index contributed by atoms with van der Waals surface area (Å²) in [5.41, 5.74) is 11.5. The predicted octanol–water partition coefficient (Wildman–Crippen LogP) is 12.0. The molecule has 7 aromatic rings. The molecule has 1 spiro atoms. The summed E-state index contributed by atoms with van der Waals surface area (Å²) in [4.78, 5) is 2.37. The van der Waals surface area contributed by atoms with Gasteiger partial charge >= 0.3 is 0 Å². The Kier molecular flexibility index (Phi) is 6.42. The summed E-state index contributed by atoms with van der Waals surface area (Å²) in [5, 5.41) is 2.52. The van der Waals surface area contributed by atoms with Gasteiger partial charge < -0.3 is 14.2 Å². The van der Waals surface area contributed by atoms with E-state index in [2.05, 4.69) is 169 Å². The van der Waals surface area contributed by atoms with Gasteiger partial charge in [-0.15, -0.1) is 0 Å². The van der Waals surface area contributed by atoms with Crippen LogP contribution < -0.4 is 4.90 Å². The van der Waals surface area contributed by atoms with E-state index in [1.54, 1.807) is 0 Å². The van der Waals surface area contributed by atoms with Gasteiger partial charge in [0.05, 0.1) is 22.2 Å². The number of benzene rings is 6. The minimum atomic E-state index is -0.330. The largest absolute Gasteiger partial charge is 0.360 e. The summed E-state index contributed by atoms with van der Waals surface area (Å²) < 4.78 is 9.33. The monoisotopic (exact) mass is 610 g/mol. The molecule has 0 radical (unpaired) electrons. The maximum absolute atomic E-state index is 6.90. The van der Waals surface area contributed by atoms with Crippen molar-refractivity contribution >= 4 is 38.9 Å². The Balaban J connectivity index is 1.31. The van der Waals surface area contributed by atoms with Crippen molar-refractivity contribution in [1.29, 1.82) is 0 Å². The zero-order valence-corrected chi connectivity index (χ0v) is 27.0. The number of anilines is 3. The van der Waals surface area contributed by atoms with Gasteiger partial charge in [-0.3, -0.25) is 0 Å². The first-order valence-electron chi connectivity index (χ1n) is 16.9. The highest BCUT2D eigenvalue weighted by Gasteiger charge is 2.50. The molecule has 47 heavy (non-hydrogen) atoms. The Bertz CT molecular complexity index is 2170. The predicted molar refractivity (Wildman–Crippen MR) is 195 cm³/mol. The molecule has 1 aliphatic heterocycles. The van der Waals surface area contributed by atoms with Crippen LogP contribution in [0.4, 0.5) is 17.1 Å². The number of nitrogens with zero attached hydrogens (tertiary/aromatic N) is 2. The molecule has 3 nitrogen and oxygen atoms in total. The molecule has 0 bridgehead atoms. The van der Waals surface area contributed by atoms with Crippen molar-refractivity contribution in [2.24, 2.45) is 0 Å². The Labute approximate surface area is 276 Å². The van der Waals surface area contributed by atoms with Crippen LogP contribution in [0.2, 0.25) is 0 Å². The van der Waals surface area contributed by atoms with Gasteiger partial charge in [0.1, 0.15) is 0 Å². The lowest BCUT2D eigenvalue weighted by atomic mass is 9.85. The number of hydrogen-bond acceptors (Lipinski definition) is 2. The third-order valence-electron chi connectivity index (χ3n) is 10.4. The van der Waals surface area contributed by atoms with E-state index < -0.39 is 0 Å². The van der Waals surface area contributed by atoms with Crippen molar-refractivity contribution in [3.05, 3.63) is 157 Å². The fourth-order valence-electron chi connectivity index (χ4n) is 8.36. The molecule has 1 aliphatic carbocycles. The lowest BCUT2D eigenvalue weighted by Gasteiger charge is -2.28. The van der Waals surface area contributed by atoms with Crippen LogP contribution in [0.15, 0.2) is 146 Å². The molecule has 1 aromatic heterocycles. The van der Waals surface area contributed by atoms with Crippen molar-refractivity contribution in [2.45, 2.75) is 50.7 Å². The van der Waals surface area contributed by atoms with Gasteiger partial charge in [-0.05, 0) is 110 Å². The van der Waals surface area contributed by atoms with Crippen molar-refractivity contribution in [2.75, 3.05) is 4.90 Å². The Morgan fingerprint density at radius 3 is 1.72 bits per heavy atom. The number of fused-ring (bicyclic) bond motifs is 5. The highest BCUT2D eigenvalue weighted by molar-refractivity contribution is 6.09. The normalized spacial score (nSPS) is 16.2. The first-order chi connectivity index (χ1) is 23.0. The molecule has 1 saturated carbocycles. The molecule has 2 heterocycles. The van der Waals surface area contributed by atoms with Crippen LogP contribution in [0.5, 0.6) is 0 Å². The Morgan fingerprint density at radius 1 is 0.532 bits per heavy atom. The molecule has 3 heteroatoms. The summed E-state index contributed by atoms with van der Waals surface area (Å²) in [7, 11) is 0. The van der Waals surface area contributed by atoms with Gasteiger partial charge in [0, 0.05) is 33.5 Å². The molecule has 9 rings (SSSR count). The molecule has 0 saturated heterocycles. The smallest absolute Gasteiger partial charge is 0.0946 e. The molecule has 0 N–H and O–H groups in total. The number of ether oxygens (including phenoxy) is 1. The quantitative estimate of drug-likeness (QED) is 0.193. The SMILES string of the molecule is CC1(C)OC2(CCCC2)c2ccc(-c3cc(N(c4ccccc4)c4ccccc4)cc(-n4c5ccccc5c5ccccc54)c3)cc21. The average molecular weight is 611 g/mol. The number of rotatable bonds is 5. The number of aromatic nitrogens is 1. The van der Waals surface area contributed by atoms with Gasteiger partial charge in [0.25, 0.3) is 0 Å². The van der Waals surface area contributed by atoms with Crippen LogP contribution in [0.1, 0.15) is 50.7 Å². The van der Waals surface area contributed by atoms with Crippen molar-refractivity contribution in [3.63, 3.8) is 0 Å². The lowest BCUT2D eigenvalue weighted by molar-refractivity contribution is -0.122. The maximum atomic E-state index is 6.90. The van der Waals surface area contributed by atoms with E-state index in [-0.39, 0.29) is 11.2 Å². The van der Waals surface area contributed by atoms with E-state index in [4.69, 9.17) is 4.74 Å². The van der Waals surface area contributed by atoms with Crippen LogP contribution in [-0.2, 0) is 15.9 Å². The fourth-order valence-corrected chi connectivity index (χ4v) is 8.36. The van der Waals surface area contributed by atoms with Crippen molar-refractivity contribution < 1.29 is 4.74 Å². The third-order valence-corrected chi connectivity index (χ3v) is 10.4. The highest BCUT2D eigenvalue weighted by Crippen LogP contribution is 2.55. The van der Waals surface area contributed by atoms with Gasteiger partial charge in [-0.1, -0.05) is 97.8 Å². The average Bonchev–Trinajstić information content (AvgIpc) is 3.78. The number of para-hydroxylation sites is 4. The standard InChI is InChI=1S/C44H38N2O/c1-43(2)40-29-31(23-24-39(40)44(47-43)25-13-14-26-44)32-27-35(45(33-15-5-3-6-16-33)34-17-7-4-8-18-34)30-36(28-32)46-41-21-11-9-19-37(41)38-20-10-12-22-42(38)46/h3-12,15-24,27-30H,13-14,25-26H2,1-2H3. The van der Waals surface area contributed by atoms with E-state index in [1.165, 1.54) is 56.9 Å². The zero-order chi connectivity index (χ0) is 31.6.